The van der Waals surface area contributed by atoms with Gasteiger partial charge in [-0.05, 0) is 42.8 Å². The molecule has 0 saturated heterocycles. The fourth-order valence-corrected chi connectivity index (χ4v) is 2.46. The topological polar surface area (TPSA) is 65.7 Å². The number of hydrogen-bond donors (Lipinski definition) is 0. The number of ether oxygens (including phenoxy) is 1. The minimum atomic E-state index is -0.934. The minimum absolute atomic E-state index is 0.235. The third-order valence-corrected chi connectivity index (χ3v) is 3.89. The van der Waals surface area contributed by atoms with Crippen molar-refractivity contribution in [2.24, 2.45) is 0 Å². The van der Waals surface area contributed by atoms with Crippen molar-refractivity contribution in [3.63, 3.8) is 0 Å². The van der Waals surface area contributed by atoms with Crippen LogP contribution in [0.4, 0.5) is 8.78 Å². The molecule has 8 heteroatoms. The molecule has 134 valence electrons. The fourth-order valence-electron chi connectivity index (χ4n) is 2.46. The van der Waals surface area contributed by atoms with E-state index in [0.29, 0.717) is 22.7 Å². The molecule has 0 radical (unpaired) electrons. The van der Waals surface area contributed by atoms with Crippen LogP contribution >= 0.6 is 0 Å². The zero-order valence-corrected chi connectivity index (χ0v) is 14.2. The first-order valence-corrected chi connectivity index (χ1v) is 8.04. The van der Waals surface area contributed by atoms with Gasteiger partial charge in [0.2, 0.25) is 0 Å². The summed E-state index contributed by atoms with van der Waals surface area (Å²) in [6, 6.07) is 11.0. The van der Waals surface area contributed by atoms with E-state index in [2.05, 4.69) is 20.3 Å². The molecule has 0 aliphatic rings. The van der Waals surface area contributed by atoms with Gasteiger partial charge in [0, 0.05) is 24.0 Å². The van der Waals surface area contributed by atoms with Gasteiger partial charge in [0.25, 0.3) is 0 Å². The molecule has 0 saturated carbocycles. The normalized spacial score (nSPS) is 10.8. The Morgan fingerprint density at radius 2 is 1.78 bits per heavy atom. The Hall–Kier alpha value is -3.68. The van der Waals surface area contributed by atoms with Crippen molar-refractivity contribution in [2.45, 2.75) is 6.92 Å². The maximum Gasteiger partial charge on any atom is 0.321 e. The van der Waals surface area contributed by atoms with Crippen molar-refractivity contribution >= 4 is 0 Å². The first-order chi connectivity index (χ1) is 13.1. The molecule has 0 amide bonds. The number of rotatable bonds is 4. The molecule has 2 aromatic carbocycles. The van der Waals surface area contributed by atoms with Crippen LogP contribution in [0.2, 0.25) is 0 Å². The Labute approximate surface area is 153 Å². The van der Waals surface area contributed by atoms with E-state index < -0.39 is 11.6 Å². The largest absolute Gasteiger partial charge is 0.424 e. The molecule has 2 heterocycles. The van der Waals surface area contributed by atoms with E-state index in [1.807, 2.05) is 19.1 Å². The summed E-state index contributed by atoms with van der Waals surface area (Å²) in [5, 5.41) is 8.08. The van der Waals surface area contributed by atoms with E-state index in [1.165, 1.54) is 10.7 Å². The highest BCUT2D eigenvalue weighted by Gasteiger charge is 2.11. The SMILES string of the molecule is Cc1ccc(-n2cc(-c3ccc(F)c(F)c3)nn2)cc1Oc1ncccn1. The van der Waals surface area contributed by atoms with Crippen LogP contribution in [0.3, 0.4) is 0 Å². The lowest BCUT2D eigenvalue weighted by Gasteiger charge is -2.08. The zero-order chi connectivity index (χ0) is 18.8. The molecule has 4 rings (SSSR count). The number of halogens is 2. The van der Waals surface area contributed by atoms with Crippen molar-refractivity contribution in [3.8, 4) is 28.7 Å². The predicted octanol–water partition coefficient (Wildman–Crippen LogP) is 4.10. The number of benzene rings is 2. The van der Waals surface area contributed by atoms with E-state index in [9.17, 15) is 8.78 Å². The van der Waals surface area contributed by atoms with Crippen LogP contribution in [0.1, 0.15) is 5.56 Å². The highest BCUT2D eigenvalue weighted by Crippen LogP contribution is 2.26. The van der Waals surface area contributed by atoms with Crippen LogP contribution in [-0.4, -0.2) is 25.0 Å². The summed E-state index contributed by atoms with van der Waals surface area (Å²) in [5.74, 6) is -1.27. The average Bonchev–Trinajstić information content (AvgIpc) is 3.17. The van der Waals surface area contributed by atoms with Crippen LogP contribution in [0.15, 0.2) is 61.1 Å². The monoisotopic (exact) mass is 365 g/mol. The highest BCUT2D eigenvalue weighted by molar-refractivity contribution is 5.58. The van der Waals surface area contributed by atoms with E-state index in [-0.39, 0.29) is 6.01 Å². The van der Waals surface area contributed by atoms with Crippen molar-refractivity contribution in [1.82, 2.24) is 25.0 Å². The van der Waals surface area contributed by atoms with Crippen LogP contribution in [0.25, 0.3) is 16.9 Å². The van der Waals surface area contributed by atoms with Gasteiger partial charge in [0.1, 0.15) is 11.4 Å². The predicted molar refractivity (Wildman–Crippen MR) is 93.6 cm³/mol. The molecule has 0 unspecified atom stereocenters. The van der Waals surface area contributed by atoms with Crippen molar-refractivity contribution < 1.29 is 13.5 Å². The molecule has 2 aromatic heterocycles. The number of hydrogen-bond acceptors (Lipinski definition) is 5. The summed E-state index contributed by atoms with van der Waals surface area (Å²) in [7, 11) is 0. The minimum Gasteiger partial charge on any atom is -0.424 e. The number of nitrogens with zero attached hydrogens (tertiary/aromatic N) is 5. The molecule has 4 aromatic rings. The van der Waals surface area contributed by atoms with Gasteiger partial charge in [-0.25, -0.2) is 23.4 Å². The first kappa shape index (κ1) is 16.8. The van der Waals surface area contributed by atoms with Crippen molar-refractivity contribution in [3.05, 3.63) is 78.3 Å². The van der Waals surface area contributed by atoms with Crippen LogP contribution in [-0.2, 0) is 0 Å². The lowest BCUT2D eigenvalue weighted by Crippen LogP contribution is -1.98. The number of aryl methyl sites for hydroxylation is 1. The van der Waals surface area contributed by atoms with Gasteiger partial charge < -0.3 is 4.74 Å². The zero-order valence-electron chi connectivity index (χ0n) is 14.2. The summed E-state index contributed by atoms with van der Waals surface area (Å²) in [4.78, 5) is 8.08. The Kier molecular flexibility index (Phi) is 4.29. The molecular weight excluding hydrogens is 352 g/mol. The summed E-state index contributed by atoms with van der Waals surface area (Å²) >= 11 is 0. The van der Waals surface area contributed by atoms with Gasteiger partial charge in [0.15, 0.2) is 11.6 Å². The van der Waals surface area contributed by atoms with Gasteiger partial charge >= 0.3 is 6.01 Å². The molecule has 0 bridgehead atoms. The Morgan fingerprint density at radius 1 is 0.963 bits per heavy atom. The Bertz CT molecular complexity index is 1100. The molecular formula is C19H13F2N5O. The maximum absolute atomic E-state index is 13.4. The quantitative estimate of drug-likeness (QED) is 0.545. The molecule has 0 N–H and O–H groups in total. The first-order valence-electron chi connectivity index (χ1n) is 8.04. The third kappa shape index (κ3) is 3.50. The van der Waals surface area contributed by atoms with Gasteiger partial charge in [-0.2, -0.15) is 0 Å². The molecule has 27 heavy (non-hydrogen) atoms. The van der Waals surface area contributed by atoms with E-state index in [0.717, 1.165) is 17.7 Å². The van der Waals surface area contributed by atoms with Gasteiger partial charge in [0.05, 0.1) is 11.9 Å². The average molecular weight is 365 g/mol. The summed E-state index contributed by atoms with van der Waals surface area (Å²) in [6.45, 7) is 1.90. The second-order valence-corrected chi connectivity index (χ2v) is 5.76. The third-order valence-electron chi connectivity index (χ3n) is 3.89. The van der Waals surface area contributed by atoms with Gasteiger partial charge in [-0.1, -0.05) is 11.3 Å². The molecule has 0 atom stereocenters. The van der Waals surface area contributed by atoms with E-state index in [4.69, 9.17) is 4.74 Å². The van der Waals surface area contributed by atoms with Crippen LogP contribution in [0.5, 0.6) is 11.8 Å². The summed E-state index contributed by atoms with van der Waals surface area (Å²) in [5.41, 5.74) is 2.43. The summed E-state index contributed by atoms with van der Waals surface area (Å²) in [6.07, 6.45) is 4.81. The lowest BCUT2D eigenvalue weighted by molar-refractivity contribution is 0.438. The Balaban J connectivity index is 1.65. The molecule has 0 aliphatic carbocycles. The Morgan fingerprint density at radius 3 is 2.56 bits per heavy atom. The van der Waals surface area contributed by atoms with E-state index in [1.54, 1.807) is 30.7 Å². The molecule has 0 fully saturated rings. The number of aromatic nitrogens is 5. The van der Waals surface area contributed by atoms with Crippen LogP contribution in [0, 0.1) is 18.6 Å². The second kappa shape index (κ2) is 6.91. The molecule has 6 nitrogen and oxygen atoms in total. The van der Waals surface area contributed by atoms with E-state index >= 15 is 0 Å². The smallest absolute Gasteiger partial charge is 0.321 e. The lowest BCUT2D eigenvalue weighted by atomic mass is 10.1. The van der Waals surface area contributed by atoms with Crippen molar-refractivity contribution in [2.75, 3.05) is 0 Å². The second-order valence-electron chi connectivity index (χ2n) is 5.76. The fraction of sp³-hybridized carbons (Fsp3) is 0.0526. The summed E-state index contributed by atoms with van der Waals surface area (Å²) < 4.78 is 33.8. The van der Waals surface area contributed by atoms with Gasteiger partial charge in [-0.15, -0.1) is 5.10 Å². The molecule has 0 spiro atoms. The van der Waals surface area contributed by atoms with Crippen LogP contribution < -0.4 is 4.74 Å². The van der Waals surface area contributed by atoms with Crippen molar-refractivity contribution in [1.29, 1.82) is 0 Å². The molecule has 0 aliphatic heterocycles. The standard InChI is InChI=1S/C19H13F2N5O/c1-12-3-5-14(10-18(12)27-19-22-7-2-8-23-19)26-11-17(24-25-26)13-4-6-15(20)16(21)9-13/h2-11H,1H3. The van der Waals surface area contributed by atoms with Gasteiger partial charge in [-0.3, -0.25) is 0 Å². The maximum atomic E-state index is 13.4. The highest BCUT2D eigenvalue weighted by atomic mass is 19.2.